The first-order valence-electron chi connectivity index (χ1n) is 4.58. The van der Waals surface area contributed by atoms with Crippen LogP contribution in [0.25, 0.3) is 0 Å². The van der Waals surface area contributed by atoms with E-state index in [0.29, 0.717) is 26.4 Å². The molecule has 4 nitrogen and oxygen atoms in total. The SMILES string of the molecule is CCOCCO[C@@H](C)C(=O)OCC. The highest BCUT2D eigenvalue weighted by Crippen LogP contribution is 1.94. The summed E-state index contributed by atoms with van der Waals surface area (Å²) < 4.78 is 15.0. The van der Waals surface area contributed by atoms with E-state index in [1.165, 1.54) is 0 Å². The molecule has 0 saturated carbocycles. The van der Waals surface area contributed by atoms with Crippen molar-refractivity contribution in [3.63, 3.8) is 0 Å². The Bertz CT molecular complexity index is 136. The van der Waals surface area contributed by atoms with Crippen molar-refractivity contribution in [2.24, 2.45) is 0 Å². The molecule has 0 aliphatic carbocycles. The molecule has 0 radical (unpaired) electrons. The van der Waals surface area contributed by atoms with E-state index in [2.05, 4.69) is 0 Å². The molecular formula is C9H18O4. The quantitative estimate of drug-likeness (QED) is 0.443. The Labute approximate surface area is 79.2 Å². The summed E-state index contributed by atoms with van der Waals surface area (Å²) in [6.45, 7) is 7.34. The summed E-state index contributed by atoms with van der Waals surface area (Å²) in [4.78, 5) is 11.0. The molecule has 0 spiro atoms. The number of esters is 1. The number of rotatable bonds is 7. The molecule has 0 fully saturated rings. The van der Waals surface area contributed by atoms with Crippen LogP contribution in [0.2, 0.25) is 0 Å². The predicted molar refractivity (Wildman–Crippen MR) is 48.5 cm³/mol. The third-order valence-electron chi connectivity index (χ3n) is 1.42. The minimum atomic E-state index is -0.500. The lowest BCUT2D eigenvalue weighted by atomic mass is 10.4. The highest BCUT2D eigenvalue weighted by Gasteiger charge is 2.13. The van der Waals surface area contributed by atoms with Crippen LogP contribution in [0.5, 0.6) is 0 Å². The molecule has 0 aromatic rings. The molecule has 78 valence electrons. The Morgan fingerprint density at radius 2 is 1.92 bits per heavy atom. The van der Waals surface area contributed by atoms with Gasteiger partial charge in [-0.25, -0.2) is 4.79 Å². The molecule has 0 aromatic heterocycles. The molecule has 0 N–H and O–H groups in total. The first kappa shape index (κ1) is 12.4. The monoisotopic (exact) mass is 190 g/mol. The highest BCUT2D eigenvalue weighted by atomic mass is 16.6. The van der Waals surface area contributed by atoms with Crippen molar-refractivity contribution in [2.45, 2.75) is 26.9 Å². The Morgan fingerprint density at radius 3 is 2.46 bits per heavy atom. The largest absolute Gasteiger partial charge is 0.464 e. The van der Waals surface area contributed by atoms with Crippen molar-refractivity contribution in [3.8, 4) is 0 Å². The molecule has 0 unspecified atom stereocenters. The van der Waals surface area contributed by atoms with Gasteiger partial charge in [-0.1, -0.05) is 0 Å². The van der Waals surface area contributed by atoms with Crippen LogP contribution in [-0.2, 0) is 19.0 Å². The van der Waals surface area contributed by atoms with Gasteiger partial charge in [-0.3, -0.25) is 0 Å². The predicted octanol–water partition coefficient (Wildman–Crippen LogP) is 0.991. The zero-order valence-electron chi connectivity index (χ0n) is 8.54. The van der Waals surface area contributed by atoms with Gasteiger partial charge in [0.2, 0.25) is 0 Å². The van der Waals surface area contributed by atoms with Crippen LogP contribution in [0.1, 0.15) is 20.8 Å². The van der Waals surface area contributed by atoms with E-state index >= 15 is 0 Å². The molecular weight excluding hydrogens is 172 g/mol. The topological polar surface area (TPSA) is 44.8 Å². The Morgan fingerprint density at radius 1 is 1.23 bits per heavy atom. The van der Waals surface area contributed by atoms with Crippen LogP contribution in [0.3, 0.4) is 0 Å². The third kappa shape index (κ3) is 6.54. The Balaban J connectivity index is 3.38. The number of ether oxygens (including phenoxy) is 3. The van der Waals surface area contributed by atoms with Gasteiger partial charge in [0.05, 0.1) is 19.8 Å². The number of hydrogen-bond acceptors (Lipinski definition) is 4. The average molecular weight is 190 g/mol. The van der Waals surface area contributed by atoms with Gasteiger partial charge in [0.1, 0.15) is 0 Å². The summed E-state index contributed by atoms with van der Waals surface area (Å²) in [6.07, 6.45) is -0.500. The second-order valence-corrected chi connectivity index (χ2v) is 2.46. The summed E-state index contributed by atoms with van der Waals surface area (Å²) in [5.74, 6) is -0.320. The summed E-state index contributed by atoms with van der Waals surface area (Å²) in [5, 5.41) is 0. The van der Waals surface area contributed by atoms with Crippen molar-refractivity contribution >= 4 is 5.97 Å². The van der Waals surface area contributed by atoms with Gasteiger partial charge in [-0.05, 0) is 20.8 Å². The first-order chi connectivity index (χ1) is 6.22. The Hall–Kier alpha value is -0.610. The maximum absolute atomic E-state index is 11.0. The van der Waals surface area contributed by atoms with Gasteiger partial charge in [-0.2, -0.15) is 0 Å². The second-order valence-electron chi connectivity index (χ2n) is 2.46. The van der Waals surface area contributed by atoms with Crippen LogP contribution in [0.4, 0.5) is 0 Å². The highest BCUT2D eigenvalue weighted by molar-refractivity contribution is 5.74. The molecule has 0 heterocycles. The molecule has 0 aliphatic heterocycles. The fourth-order valence-corrected chi connectivity index (χ4v) is 0.756. The van der Waals surface area contributed by atoms with Gasteiger partial charge >= 0.3 is 5.97 Å². The first-order valence-corrected chi connectivity index (χ1v) is 4.58. The minimum Gasteiger partial charge on any atom is -0.464 e. The molecule has 0 bridgehead atoms. The molecule has 13 heavy (non-hydrogen) atoms. The number of hydrogen-bond donors (Lipinski definition) is 0. The van der Waals surface area contributed by atoms with Crippen molar-refractivity contribution in [2.75, 3.05) is 26.4 Å². The lowest BCUT2D eigenvalue weighted by Gasteiger charge is -2.11. The van der Waals surface area contributed by atoms with Crippen molar-refractivity contribution in [1.29, 1.82) is 0 Å². The van der Waals surface area contributed by atoms with Crippen LogP contribution in [-0.4, -0.2) is 38.5 Å². The van der Waals surface area contributed by atoms with Crippen LogP contribution >= 0.6 is 0 Å². The maximum Gasteiger partial charge on any atom is 0.334 e. The minimum absolute atomic E-state index is 0.320. The zero-order valence-corrected chi connectivity index (χ0v) is 8.54. The van der Waals surface area contributed by atoms with Gasteiger partial charge in [0.15, 0.2) is 6.10 Å². The normalized spacial score (nSPS) is 12.5. The van der Waals surface area contributed by atoms with Crippen LogP contribution in [0, 0.1) is 0 Å². The summed E-state index contributed by atoms with van der Waals surface area (Å²) in [6, 6.07) is 0. The van der Waals surface area contributed by atoms with E-state index in [4.69, 9.17) is 14.2 Å². The Kier molecular flexibility index (Phi) is 7.63. The number of carbonyl (C=O) groups is 1. The van der Waals surface area contributed by atoms with Crippen LogP contribution in [0.15, 0.2) is 0 Å². The summed E-state index contributed by atoms with van der Waals surface area (Å²) in [7, 11) is 0. The van der Waals surface area contributed by atoms with E-state index in [1.54, 1.807) is 13.8 Å². The summed E-state index contributed by atoms with van der Waals surface area (Å²) in [5.41, 5.74) is 0. The summed E-state index contributed by atoms with van der Waals surface area (Å²) >= 11 is 0. The second kappa shape index (κ2) is 8.01. The smallest absolute Gasteiger partial charge is 0.334 e. The average Bonchev–Trinajstić information content (AvgIpc) is 2.12. The standard InChI is InChI=1S/C9H18O4/c1-4-11-6-7-13-8(3)9(10)12-5-2/h8H,4-7H2,1-3H3/t8-/m0/s1. The zero-order chi connectivity index (χ0) is 10.1. The molecule has 0 saturated heterocycles. The lowest BCUT2D eigenvalue weighted by molar-refractivity contribution is -0.156. The van der Waals surface area contributed by atoms with Crippen molar-refractivity contribution in [1.82, 2.24) is 0 Å². The van der Waals surface area contributed by atoms with Crippen LogP contribution < -0.4 is 0 Å². The van der Waals surface area contributed by atoms with Crippen molar-refractivity contribution < 1.29 is 19.0 Å². The lowest BCUT2D eigenvalue weighted by Crippen LogP contribution is -2.24. The van der Waals surface area contributed by atoms with E-state index < -0.39 is 6.10 Å². The molecule has 4 heteroatoms. The van der Waals surface area contributed by atoms with E-state index in [0.717, 1.165) is 0 Å². The molecule has 0 amide bonds. The van der Waals surface area contributed by atoms with E-state index in [1.807, 2.05) is 6.92 Å². The number of carbonyl (C=O) groups excluding carboxylic acids is 1. The maximum atomic E-state index is 11.0. The third-order valence-corrected chi connectivity index (χ3v) is 1.42. The van der Waals surface area contributed by atoms with E-state index in [9.17, 15) is 4.79 Å². The molecule has 1 atom stereocenters. The molecule has 0 aromatic carbocycles. The molecule has 0 aliphatic rings. The van der Waals surface area contributed by atoms with Gasteiger partial charge in [0.25, 0.3) is 0 Å². The molecule has 0 rings (SSSR count). The van der Waals surface area contributed by atoms with Crippen molar-refractivity contribution in [3.05, 3.63) is 0 Å². The van der Waals surface area contributed by atoms with E-state index in [-0.39, 0.29) is 5.97 Å². The van der Waals surface area contributed by atoms with Gasteiger partial charge in [-0.15, -0.1) is 0 Å². The van der Waals surface area contributed by atoms with Gasteiger partial charge in [0, 0.05) is 6.61 Å². The van der Waals surface area contributed by atoms with Gasteiger partial charge < -0.3 is 14.2 Å². The fourth-order valence-electron chi connectivity index (χ4n) is 0.756. The fraction of sp³-hybridized carbons (Fsp3) is 0.889.